The number of nitrogens with zero attached hydrogens (tertiary/aromatic N) is 3. The van der Waals surface area contributed by atoms with Crippen LogP contribution in [0.1, 0.15) is 30.5 Å². The monoisotopic (exact) mass is 542 g/mol. The molecule has 0 spiro atoms. The number of carbonyl (C=O) groups is 2. The van der Waals surface area contributed by atoms with Crippen molar-refractivity contribution in [2.75, 3.05) is 31.5 Å². The summed E-state index contributed by atoms with van der Waals surface area (Å²) >= 11 is 12.7. The highest BCUT2D eigenvalue weighted by atomic mass is 35.5. The lowest BCUT2D eigenvalue weighted by Crippen LogP contribution is -2.52. The van der Waals surface area contributed by atoms with Crippen LogP contribution in [0.25, 0.3) is 0 Å². The fraction of sp³-hybridized carbons (Fsp3) is 0.417. The van der Waals surface area contributed by atoms with Crippen molar-refractivity contribution in [2.24, 2.45) is 0 Å². The lowest BCUT2D eigenvalue weighted by molar-refractivity contribution is -0.139. The van der Waals surface area contributed by atoms with Crippen LogP contribution < -0.4 is 9.62 Å². The van der Waals surface area contributed by atoms with E-state index in [1.165, 1.54) is 19.0 Å². The first-order valence-corrected chi connectivity index (χ1v) is 13.2. The number of nitrogens with one attached hydrogen (secondary N) is 1. The lowest BCUT2D eigenvalue weighted by Gasteiger charge is -2.33. The van der Waals surface area contributed by atoms with Gasteiger partial charge in [0.2, 0.25) is 11.8 Å². The second-order valence-electron chi connectivity index (χ2n) is 8.38. The summed E-state index contributed by atoms with van der Waals surface area (Å²) in [6.07, 6.45) is 0. The van der Waals surface area contributed by atoms with Crippen molar-refractivity contribution in [3.05, 3.63) is 63.1 Å². The van der Waals surface area contributed by atoms with Crippen molar-refractivity contribution in [2.45, 2.75) is 40.3 Å². The van der Waals surface area contributed by atoms with Crippen molar-refractivity contribution in [1.82, 2.24) is 14.5 Å². The Bertz CT molecular complexity index is 1170. The van der Waals surface area contributed by atoms with E-state index in [9.17, 15) is 18.0 Å². The van der Waals surface area contributed by atoms with Gasteiger partial charge in [-0.15, -0.1) is 0 Å². The molecule has 0 aliphatic rings. The molecule has 35 heavy (non-hydrogen) atoms. The van der Waals surface area contributed by atoms with Crippen molar-refractivity contribution < 1.29 is 18.0 Å². The molecule has 0 aromatic heterocycles. The zero-order valence-corrected chi connectivity index (χ0v) is 23.1. The standard InChI is InChI=1S/C24H32Cl2N4O4S/c1-7-27-24(32)18(4)29(14-19-20(25)9-8-10-21(19)26)23(31)15-30(35(33,34)28(5)6)22-13-16(2)11-12-17(22)3/h8-13,18H,7,14-15H2,1-6H3,(H,27,32)/t18-/m0/s1. The average Bonchev–Trinajstić information content (AvgIpc) is 2.78. The molecule has 0 bridgehead atoms. The minimum atomic E-state index is -4.04. The first-order chi connectivity index (χ1) is 16.3. The minimum Gasteiger partial charge on any atom is -0.355 e. The van der Waals surface area contributed by atoms with Crippen LogP contribution in [-0.4, -0.2) is 62.7 Å². The summed E-state index contributed by atoms with van der Waals surface area (Å²) in [5.41, 5.74) is 2.38. The Labute approximate surface area is 218 Å². The molecule has 2 amide bonds. The Hall–Kier alpha value is -2.33. The Morgan fingerprint density at radius 3 is 2.20 bits per heavy atom. The molecule has 0 unspecified atom stereocenters. The van der Waals surface area contributed by atoms with E-state index < -0.39 is 28.7 Å². The van der Waals surface area contributed by atoms with Gasteiger partial charge in [0.1, 0.15) is 12.6 Å². The SMILES string of the molecule is CCNC(=O)[C@H](C)N(Cc1c(Cl)cccc1Cl)C(=O)CN(c1cc(C)ccc1C)S(=O)(=O)N(C)C. The van der Waals surface area contributed by atoms with Gasteiger partial charge in [-0.3, -0.25) is 9.59 Å². The largest absolute Gasteiger partial charge is 0.355 e. The second-order valence-corrected chi connectivity index (χ2v) is 11.3. The summed E-state index contributed by atoms with van der Waals surface area (Å²) in [6, 6.07) is 9.43. The first kappa shape index (κ1) is 28.9. The molecule has 0 aliphatic heterocycles. The van der Waals surface area contributed by atoms with Crippen molar-refractivity contribution in [3.63, 3.8) is 0 Å². The molecule has 0 heterocycles. The molecule has 0 fully saturated rings. The molecule has 2 aromatic carbocycles. The van der Waals surface area contributed by atoms with Gasteiger partial charge in [0, 0.05) is 42.8 Å². The fourth-order valence-corrected chi connectivity index (χ4v) is 5.08. The van der Waals surface area contributed by atoms with Crippen molar-refractivity contribution in [1.29, 1.82) is 0 Å². The molecule has 2 rings (SSSR count). The number of anilines is 1. The third-order valence-electron chi connectivity index (χ3n) is 5.56. The predicted molar refractivity (Wildman–Crippen MR) is 141 cm³/mol. The topological polar surface area (TPSA) is 90.0 Å². The zero-order chi connectivity index (χ0) is 26.5. The first-order valence-electron chi connectivity index (χ1n) is 11.1. The molecular formula is C24H32Cl2N4O4S. The van der Waals surface area contributed by atoms with Gasteiger partial charge in [0.25, 0.3) is 0 Å². The molecule has 1 N–H and O–H groups in total. The van der Waals surface area contributed by atoms with Crippen LogP contribution in [0.5, 0.6) is 0 Å². The van der Waals surface area contributed by atoms with E-state index in [0.29, 0.717) is 33.4 Å². The van der Waals surface area contributed by atoms with Gasteiger partial charge >= 0.3 is 10.2 Å². The summed E-state index contributed by atoms with van der Waals surface area (Å²) < 4.78 is 28.7. The molecule has 192 valence electrons. The summed E-state index contributed by atoms with van der Waals surface area (Å²) in [5.74, 6) is -0.955. The van der Waals surface area contributed by atoms with Crippen LogP contribution in [0.15, 0.2) is 36.4 Å². The Morgan fingerprint density at radius 1 is 1.06 bits per heavy atom. The number of amides is 2. The van der Waals surface area contributed by atoms with Crippen LogP contribution in [0.4, 0.5) is 5.69 Å². The summed E-state index contributed by atoms with van der Waals surface area (Å²) in [4.78, 5) is 27.7. The molecule has 2 aromatic rings. The van der Waals surface area contributed by atoms with Crippen LogP contribution in [0, 0.1) is 13.8 Å². The van der Waals surface area contributed by atoms with Gasteiger partial charge in [-0.2, -0.15) is 12.7 Å². The lowest BCUT2D eigenvalue weighted by atomic mass is 10.1. The molecule has 8 nitrogen and oxygen atoms in total. The van der Waals surface area contributed by atoms with Gasteiger partial charge in [-0.05, 0) is 57.0 Å². The molecule has 1 atom stereocenters. The normalized spacial score (nSPS) is 12.4. The van der Waals surface area contributed by atoms with Crippen LogP contribution in [0.2, 0.25) is 10.0 Å². The highest BCUT2D eigenvalue weighted by Gasteiger charge is 2.33. The van der Waals surface area contributed by atoms with E-state index in [2.05, 4.69) is 5.32 Å². The Kier molecular flexibility index (Phi) is 9.97. The number of hydrogen-bond acceptors (Lipinski definition) is 4. The third-order valence-corrected chi connectivity index (χ3v) is 8.07. The molecule has 0 radical (unpaired) electrons. The summed E-state index contributed by atoms with van der Waals surface area (Å²) in [6.45, 7) is 6.75. The van der Waals surface area contributed by atoms with Crippen LogP contribution in [-0.2, 0) is 26.3 Å². The summed E-state index contributed by atoms with van der Waals surface area (Å²) in [7, 11) is -1.24. The number of rotatable bonds is 10. The number of hydrogen-bond donors (Lipinski definition) is 1. The molecule has 0 saturated carbocycles. The van der Waals surface area contributed by atoms with Crippen molar-refractivity contribution in [3.8, 4) is 0 Å². The van der Waals surface area contributed by atoms with Gasteiger partial charge < -0.3 is 10.2 Å². The van der Waals surface area contributed by atoms with Gasteiger partial charge in [0.05, 0.1) is 5.69 Å². The van der Waals surface area contributed by atoms with Crippen LogP contribution in [0.3, 0.4) is 0 Å². The number of aryl methyl sites for hydroxylation is 2. The predicted octanol–water partition coefficient (Wildman–Crippen LogP) is 3.78. The Balaban J connectivity index is 2.56. The number of benzene rings is 2. The quantitative estimate of drug-likeness (QED) is 0.494. The minimum absolute atomic E-state index is 0.0711. The van der Waals surface area contributed by atoms with Gasteiger partial charge in [-0.1, -0.05) is 41.4 Å². The van der Waals surface area contributed by atoms with Crippen LogP contribution >= 0.6 is 23.2 Å². The average molecular weight is 544 g/mol. The zero-order valence-electron chi connectivity index (χ0n) is 20.8. The fourth-order valence-electron chi connectivity index (χ4n) is 3.45. The maximum Gasteiger partial charge on any atom is 0.304 e. The molecule has 0 aliphatic carbocycles. The van der Waals surface area contributed by atoms with Gasteiger partial charge in [-0.25, -0.2) is 4.31 Å². The van der Waals surface area contributed by atoms with E-state index in [4.69, 9.17) is 23.2 Å². The third kappa shape index (κ3) is 6.88. The highest BCUT2D eigenvalue weighted by Crippen LogP contribution is 2.28. The van der Waals surface area contributed by atoms with E-state index in [-0.39, 0.29) is 12.5 Å². The number of carbonyl (C=O) groups excluding carboxylic acids is 2. The maximum absolute atomic E-state index is 13.7. The number of likely N-dealkylation sites (N-methyl/N-ethyl adjacent to an activating group) is 1. The summed E-state index contributed by atoms with van der Waals surface area (Å²) in [5, 5.41) is 3.38. The highest BCUT2D eigenvalue weighted by molar-refractivity contribution is 7.90. The molecule has 0 saturated heterocycles. The van der Waals surface area contributed by atoms with E-state index in [1.54, 1.807) is 51.1 Å². The van der Waals surface area contributed by atoms with Crippen molar-refractivity contribution >= 4 is 50.9 Å². The smallest absolute Gasteiger partial charge is 0.304 e. The number of halogens is 2. The Morgan fingerprint density at radius 2 is 1.66 bits per heavy atom. The molecular weight excluding hydrogens is 511 g/mol. The van der Waals surface area contributed by atoms with E-state index >= 15 is 0 Å². The maximum atomic E-state index is 13.7. The van der Waals surface area contributed by atoms with E-state index in [0.717, 1.165) is 14.2 Å². The van der Waals surface area contributed by atoms with E-state index in [1.807, 2.05) is 13.0 Å². The second kappa shape index (κ2) is 12.1. The van der Waals surface area contributed by atoms with Gasteiger partial charge in [0.15, 0.2) is 0 Å². The molecule has 11 heteroatoms.